The number of hydrogen-bond donors (Lipinski definition) is 2. The van der Waals surface area contributed by atoms with Gasteiger partial charge >= 0.3 is 0 Å². The summed E-state index contributed by atoms with van der Waals surface area (Å²) in [5.74, 6) is 0. The molecule has 1 aliphatic carbocycles. The van der Waals surface area contributed by atoms with Gasteiger partial charge in [0.2, 0.25) is 0 Å². The summed E-state index contributed by atoms with van der Waals surface area (Å²) >= 11 is 4.12. The molecule has 2 nitrogen and oxygen atoms in total. The van der Waals surface area contributed by atoms with Gasteiger partial charge in [-0.05, 0) is 0 Å². The lowest BCUT2D eigenvalue weighted by molar-refractivity contribution is 0.696. The maximum absolute atomic E-state index is 4.24. The summed E-state index contributed by atoms with van der Waals surface area (Å²) in [5.41, 5.74) is 0. The van der Waals surface area contributed by atoms with Crippen LogP contribution in [-0.4, -0.2) is 17.3 Å². The van der Waals surface area contributed by atoms with Gasteiger partial charge < -0.3 is 5.32 Å². The first-order chi connectivity index (χ1) is 4.86. The summed E-state index contributed by atoms with van der Waals surface area (Å²) in [7, 11) is 0. The quantitative estimate of drug-likeness (QED) is 0.492. The number of amidine groups is 1. The largest absolute Gasteiger partial charge is 0.356 e. The minimum absolute atomic E-state index is 0.275. The highest BCUT2D eigenvalue weighted by molar-refractivity contribution is 7.96. The van der Waals surface area contributed by atoms with Crippen LogP contribution in [0.2, 0.25) is 0 Å². The second-order valence-electron chi connectivity index (χ2n) is 2.38. The summed E-state index contributed by atoms with van der Waals surface area (Å²) in [6, 6.07) is 0.620. The molecule has 0 saturated heterocycles. The second-order valence-corrected chi connectivity index (χ2v) is 2.81. The Labute approximate surface area is 65.1 Å². The minimum atomic E-state index is 0.275. The Morgan fingerprint density at radius 2 is 2.20 bits per heavy atom. The van der Waals surface area contributed by atoms with Crippen LogP contribution in [0.25, 0.3) is 0 Å². The van der Waals surface area contributed by atoms with E-state index in [1.807, 2.05) is 12.2 Å². The van der Waals surface area contributed by atoms with E-state index in [1.54, 1.807) is 0 Å². The van der Waals surface area contributed by atoms with Gasteiger partial charge in [0, 0.05) is 0 Å². The Balaban J connectivity index is 2.24. The number of fused-ring (bicyclic) bond motifs is 1. The Bertz CT molecular complexity index is 230. The molecule has 0 aromatic rings. The lowest BCUT2D eigenvalue weighted by atomic mass is 10.1. The van der Waals surface area contributed by atoms with E-state index in [0.717, 1.165) is 5.17 Å². The molecule has 2 aliphatic rings. The van der Waals surface area contributed by atoms with Crippen LogP contribution in [0.15, 0.2) is 29.3 Å². The molecule has 1 N–H and O–H groups in total. The van der Waals surface area contributed by atoms with Crippen LogP contribution in [0.4, 0.5) is 0 Å². The zero-order valence-electron chi connectivity index (χ0n) is 5.36. The van der Waals surface area contributed by atoms with Crippen LogP contribution in [-0.2, 0) is 0 Å². The number of nitrogens with one attached hydrogen (secondary N) is 1. The summed E-state index contributed by atoms with van der Waals surface area (Å²) in [5, 5.41) is 3.87. The molecule has 2 atom stereocenters. The zero-order valence-corrected chi connectivity index (χ0v) is 6.25. The Morgan fingerprint density at radius 1 is 1.40 bits per heavy atom. The number of allylic oxidation sites excluding steroid dienone is 2. The molecule has 0 spiro atoms. The van der Waals surface area contributed by atoms with Gasteiger partial charge in [-0.2, -0.15) is 0 Å². The van der Waals surface area contributed by atoms with Gasteiger partial charge in [-0.15, -0.1) is 12.6 Å². The lowest BCUT2D eigenvalue weighted by Crippen LogP contribution is -2.31. The van der Waals surface area contributed by atoms with Crippen LogP contribution in [0.3, 0.4) is 0 Å². The molecule has 0 aromatic carbocycles. The van der Waals surface area contributed by atoms with Crippen molar-refractivity contribution in [3.63, 3.8) is 0 Å². The van der Waals surface area contributed by atoms with Crippen LogP contribution < -0.4 is 5.32 Å². The van der Waals surface area contributed by atoms with Crippen molar-refractivity contribution < 1.29 is 0 Å². The molecule has 0 saturated carbocycles. The molecule has 1 aliphatic heterocycles. The monoisotopic (exact) mass is 152 g/mol. The van der Waals surface area contributed by atoms with E-state index in [-0.39, 0.29) is 6.04 Å². The van der Waals surface area contributed by atoms with E-state index in [2.05, 4.69) is 35.1 Å². The second kappa shape index (κ2) is 2.16. The lowest BCUT2D eigenvalue weighted by Gasteiger charge is -2.12. The number of nitrogens with zero attached hydrogens (tertiary/aromatic N) is 1. The van der Waals surface area contributed by atoms with Gasteiger partial charge in [-0.3, -0.25) is 4.99 Å². The molecule has 0 fully saturated rings. The highest BCUT2D eigenvalue weighted by atomic mass is 32.1. The van der Waals surface area contributed by atoms with E-state index in [1.165, 1.54) is 0 Å². The zero-order chi connectivity index (χ0) is 6.97. The number of rotatable bonds is 0. The van der Waals surface area contributed by atoms with Crippen LogP contribution in [0.1, 0.15) is 0 Å². The molecule has 2 rings (SSSR count). The van der Waals surface area contributed by atoms with Crippen molar-refractivity contribution in [3.8, 4) is 0 Å². The standard InChI is InChI=1S/C7H8N2S/c10-7-8-5-3-1-2-4-6(5)9-7/h1-6H,(H2,8,9,10). The predicted octanol–water partition coefficient (Wildman–Crippen LogP) is 0.739. The average Bonchev–Trinajstić information content (AvgIpc) is 2.27. The fourth-order valence-electron chi connectivity index (χ4n) is 1.18. The smallest absolute Gasteiger partial charge is 0.154 e. The fourth-order valence-corrected chi connectivity index (χ4v) is 1.46. The van der Waals surface area contributed by atoms with Crippen molar-refractivity contribution in [1.82, 2.24) is 5.32 Å². The Morgan fingerprint density at radius 3 is 3.00 bits per heavy atom. The van der Waals surface area contributed by atoms with Gasteiger partial charge in [0.15, 0.2) is 5.17 Å². The van der Waals surface area contributed by atoms with Crippen molar-refractivity contribution >= 4 is 17.8 Å². The van der Waals surface area contributed by atoms with E-state index >= 15 is 0 Å². The maximum Gasteiger partial charge on any atom is 0.154 e. The molecule has 0 aromatic heterocycles. The first-order valence-electron chi connectivity index (χ1n) is 3.24. The van der Waals surface area contributed by atoms with Crippen LogP contribution in [0.5, 0.6) is 0 Å². The van der Waals surface area contributed by atoms with E-state index in [9.17, 15) is 0 Å². The molecule has 1 heterocycles. The van der Waals surface area contributed by atoms with Crippen molar-refractivity contribution in [2.24, 2.45) is 4.99 Å². The first kappa shape index (κ1) is 6.04. The third-order valence-electron chi connectivity index (χ3n) is 1.67. The Kier molecular flexibility index (Phi) is 1.31. The summed E-state index contributed by atoms with van der Waals surface area (Å²) in [6.45, 7) is 0. The molecule has 0 radical (unpaired) electrons. The van der Waals surface area contributed by atoms with Crippen molar-refractivity contribution in [1.29, 1.82) is 0 Å². The number of hydrogen-bond acceptors (Lipinski definition) is 2. The van der Waals surface area contributed by atoms with Crippen LogP contribution >= 0.6 is 12.6 Å². The predicted molar refractivity (Wildman–Crippen MR) is 45.4 cm³/mol. The summed E-state index contributed by atoms with van der Waals surface area (Å²) in [4.78, 5) is 4.24. The molecule has 2 unspecified atom stereocenters. The number of thiol groups is 1. The van der Waals surface area contributed by atoms with Gasteiger partial charge in [0.1, 0.15) is 0 Å². The third-order valence-corrected chi connectivity index (χ3v) is 1.92. The van der Waals surface area contributed by atoms with E-state index in [0.29, 0.717) is 6.04 Å². The highest BCUT2D eigenvalue weighted by Gasteiger charge is 2.23. The van der Waals surface area contributed by atoms with Gasteiger partial charge in [-0.1, -0.05) is 24.3 Å². The van der Waals surface area contributed by atoms with Gasteiger partial charge in [-0.25, -0.2) is 0 Å². The van der Waals surface area contributed by atoms with Gasteiger partial charge in [0.05, 0.1) is 12.1 Å². The molecule has 3 heteroatoms. The number of aliphatic imine (C=N–C) groups is 1. The maximum atomic E-state index is 4.24. The summed E-state index contributed by atoms with van der Waals surface area (Å²) < 4.78 is 0. The van der Waals surface area contributed by atoms with Crippen molar-refractivity contribution in [2.45, 2.75) is 12.1 Å². The molecule has 0 bridgehead atoms. The molecule has 52 valence electrons. The van der Waals surface area contributed by atoms with Gasteiger partial charge in [0.25, 0.3) is 0 Å². The molecule has 0 amide bonds. The van der Waals surface area contributed by atoms with Crippen LogP contribution in [0, 0.1) is 0 Å². The topological polar surface area (TPSA) is 24.4 Å². The van der Waals surface area contributed by atoms with E-state index < -0.39 is 0 Å². The Hall–Kier alpha value is -0.700. The fraction of sp³-hybridized carbons (Fsp3) is 0.286. The molecular formula is C7H8N2S. The molecular weight excluding hydrogens is 144 g/mol. The first-order valence-corrected chi connectivity index (χ1v) is 3.69. The normalized spacial score (nSPS) is 35.1. The minimum Gasteiger partial charge on any atom is -0.356 e. The molecule has 10 heavy (non-hydrogen) atoms. The van der Waals surface area contributed by atoms with Crippen molar-refractivity contribution in [2.75, 3.05) is 0 Å². The van der Waals surface area contributed by atoms with E-state index in [4.69, 9.17) is 0 Å². The summed E-state index contributed by atoms with van der Waals surface area (Å²) in [6.07, 6.45) is 8.20. The third kappa shape index (κ3) is 0.865. The highest BCUT2D eigenvalue weighted by Crippen LogP contribution is 2.14. The van der Waals surface area contributed by atoms with Crippen molar-refractivity contribution in [3.05, 3.63) is 24.3 Å². The average molecular weight is 152 g/mol. The SMILES string of the molecule is SC1=NC2C=CC=CC2N1.